The first-order valence-corrected chi connectivity index (χ1v) is 6.71. The van der Waals surface area contributed by atoms with Gasteiger partial charge in [0.2, 0.25) is 0 Å². The summed E-state index contributed by atoms with van der Waals surface area (Å²) in [7, 11) is 0. The molecule has 0 amide bonds. The molecule has 1 atom stereocenters. The summed E-state index contributed by atoms with van der Waals surface area (Å²) in [4.78, 5) is 4.44. The summed E-state index contributed by atoms with van der Waals surface area (Å²) in [6.07, 6.45) is 2.57. The lowest BCUT2D eigenvalue weighted by molar-refractivity contribution is 0.00962. The van der Waals surface area contributed by atoms with Crippen molar-refractivity contribution in [2.24, 2.45) is 0 Å². The van der Waals surface area contributed by atoms with Crippen molar-refractivity contribution in [3.8, 4) is 0 Å². The molecule has 1 fully saturated rings. The van der Waals surface area contributed by atoms with Crippen LogP contribution in [0.3, 0.4) is 0 Å². The molecule has 88 valence electrons. The third-order valence-electron chi connectivity index (χ3n) is 2.58. The molecule has 1 saturated heterocycles. The van der Waals surface area contributed by atoms with E-state index in [1.165, 1.54) is 0 Å². The lowest BCUT2D eigenvalue weighted by atomic mass is 10.2. The van der Waals surface area contributed by atoms with Gasteiger partial charge in [0.25, 0.3) is 0 Å². The molecule has 1 unspecified atom stereocenters. The molecule has 0 aromatic carbocycles. The number of ether oxygens (including phenoxy) is 2. The summed E-state index contributed by atoms with van der Waals surface area (Å²) in [6.45, 7) is 2.13. The van der Waals surface area contributed by atoms with Crippen molar-refractivity contribution < 1.29 is 9.47 Å². The minimum atomic E-state index is 0.291. The second kappa shape index (κ2) is 6.33. The van der Waals surface area contributed by atoms with Gasteiger partial charge in [-0.3, -0.25) is 4.98 Å². The molecule has 1 aromatic heterocycles. The van der Waals surface area contributed by atoms with Gasteiger partial charge in [-0.2, -0.15) is 0 Å². The van der Waals surface area contributed by atoms with Crippen LogP contribution >= 0.6 is 15.9 Å². The Balaban J connectivity index is 1.75. The molecule has 0 bridgehead atoms. The van der Waals surface area contributed by atoms with Crippen LogP contribution in [0.25, 0.3) is 0 Å². The van der Waals surface area contributed by atoms with E-state index in [1.54, 1.807) is 0 Å². The van der Waals surface area contributed by atoms with E-state index in [2.05, 4.69) is 20.9 Å². The van der Waals surface area contributed by atoms with E-state index < -0.39 is 0 Å². The molecule has 0 saturated carbocycles. The molecular formula is C12H16BrNO2. The van der Waals surface area contributed by atoms with Crippen LogP contribution in [0.15, 0.2) is 18.2 Å². The fraction of sp³-hybridized carbons (Fsp3) is 0.583. The Hall–Kier alpha value is -0.450. The number of hydrogen-bond donors (Lipinski definition) is 0. The first-order valence-electron chi connectivity index (χ1n) is 5.58. The molecule has 1 aliphatic rings. The summed E-state index contributed by atoms with van der Waals surface area (Å²) < 4.78 is 11.1. The van der Waals surface area contributed by atoms with Crippen molar-refractivity contribution in [2.45, 2.75) is 30.9 Å². The van der Waals surface area contributed by atoms with Crippen LogP contribution in [0.4, 0.5) is 0 Å². The van der Waals surface area contributed by atoms with Crippen LogP contribution in [-0.2, 0) is 21.4 Å². The molecule has 2 heterocycles. The van der Waals surface area contributed by atoms with Gasteiger partial charge in [0.1, 0.15) is 0 Å². The number of aromatic nitrogens is 1. The molecule has 1 aromatic rings. The molecule has 16 heavy (non-hydrogen) atoms. The maximum Gasteiger partial charge on any atom is 0.0889 e. The Morgan fingerprint density at radius 3 is 3.06 bits per heavy atom. The summed E-state index contributed by atoms with van der Waals surface area (Å²) in [6, 6.07) is 5.99. The van der Waals surface area contributed by atoms with Crippen LogP contribution in [0.2, 0.25) is 0 Å². The number of alkyl halides is 1. The summed E-state index contributed by atoms with van der Waals surface area (Å²) in [5.41, 5.74) is 2.02. The highest BCUT2D eigenvalue weighted by molar-refractivity contribution is 9.08. The third kappa shape index (κ3) is 3.54. The lowest BCUT2D eigenvalue weighted by Gasteiger charge is -2.09. The standard InChI is InChI=1S/C12H16BrNO2/c13-7-10-3-1-4-11(14-10)8-15-9-12-5-2-6-16-12/h1,3-4,12H,2,5-9H2. The molecular weight excluding hydrogens is 270 g/mol. The SMILES string of the molecule is BrCc1cccc(COCC2CCCO2)n1. The van der Waals surface area contributed by atoms with E-state index in [0.717, 1.165) is 36.2 Å². The molecule has 1 aliphatic heterocycles. The Bertz CT molecular complexity index is 327. The van der Waals surface area contributed by atoms with Crippen LogP contribution < -0.4 is 0 Å². The minimum absolute atomic E-state index is 0.291. The average Bonchev–Trinajstić information content (AvgIpc) is 2.82. The van der Waals surface area contributed by atoms with E-state index >= 15 is 0 Å². The molecule has 0 radical (unpaired) electrons. The number of pyridine rings is 1. The monoisotopic (exact) mass is 285 g/mol. The highest BCUT2D eigenvalue weighted by Crippen LogP contribution is 2.12. The van der Waals surface area contributed by atoms with Gasteiger partial charge >= 0.3 is 0 Å². The minimum Gasteiger partial charge on any atom is -0.376 e. The van der Waals surface area contributed by atoms with Crippen molar-refractivity contribution in [3.63, 3.8) is 0 Å². The highest BCUT2D eigenvalue weighted by Gasteiger charge is 2.15. The number of hydrogen-bond acceptors (Lipinski definition) is 3. The Kier molecular flexibility index (Phi) is 4.75. The summed E-state index contributed by atoms with van der Waals surface area (Å²) >= 11 is 3.39. The van der Waals surface area contributed by atoms with E-state index in [-0.39, 0.29) is 0 Å². The first kappa shape index (κ1) is 12.0. The summed E-state index contributed by atoms with van der Waals surface area (Å²) in [5, 5.41) is 0.784. The Labute approximate surface area is 104 Å². The Morgan fingerprint density at radius 1 is 1.44 bits per heavy atom. The zero-order valence-corrected chi connectivity index (χ0v) is 10.8. The molecule has 4 heteroatoms. The van der Waals surface area contributed by atoms with Gasteiger partial charge in [0.05, 0.1) is 30.7 Å². The van der Waals surface area contributed by atoms with Crippen LogP contribution in [0.1, 0.15) is 24.2 Å². The van der Waals surface area contributed by atoms with Gasteiger partial charge in [-0.15, -0.1) is 0 Å². The predicted molar refractivity (Wildman–Crippen MR) is 65.5 cm³/mol. The first-order chi connectivity index (χ1) is 7.88. The average molecular weight is 286 g/mol. The van der Waals surface area contributed by atoms with Gasteiger partial charge in [-0.1, -0.05) is 22.0 Å². The third-order valence-corrected chi connectivity index (χ3v) is 3.15. The molecule has 2 rings (SSSR count). The predicted octanol–water partition coefficient (Wildman–Crippen LogP) is 2.67. The largest absolute Gasteiger partial charge is 0.376 e. The van der Waals surface area contributed by atoms with Gasteiger partial charge in [0, 0.05) is 11.9 Å². The van der Waals surface area contributed by atoms with Crippen molar-refractivity contribution in [1.82, 2.24) is 4.98 Å². The summed E-state index contributed by atoms with van der Waals surface area (Å²) in [5.74, 6) is 0. The van der Waals surface area contributed by atoms with E-state index in [1.807, 2.05) is 18.2 Å². The zero-order valence-electron chi connectivity index (χ0n) is 9.19. The second-order valence-electron chi connectivity index (χ2n) is 3.90. The highest BCUT2D eigenvalue weighted by atomic mass is 79.9. The quantitative estimate of drug-likeness (QED) is 0.780. The van der Waals surface area contributed by atoms with E-state index in [4.69, 9.17) is 9.47 Å². The number of rotatable bonds is 5. The molecule has 0 N–H and O–H groups in total. The van der Waals surface area contributed by atoms with E-state index in [9.17, 15) is 0 Å². The Morgan fingerprint density at radius 2 is 2.31 bits per heavy atom. The number of halogens is 1. The zero-order chi connectivity index (χ0) is 11.2. The van der Waals surface area contributed by atoms with Gasteiger partial charge in [-0.25, -0.2) is 0 Å². The van der Waals surface area contributed by atoms with Gasteiger partial charge in [0.15, 0.2) is 0 Å². The molecule has 0 spiro atoms. The van der Waals surface area contributed by atoms with Crippen LogP contribution in [-0.4, -0.2) is 24.3 Å². The van der Waals surface area contributed by atoms with Gasteiger partial charge in [-0.05, 0) is 25.0 Å². The second-order valence-corrected chi connectivity index (χ2v) is 4.46. The van der Waals surface area contributed by atoms with Crippen molar-refractivity contribution in [1.29, 1.82) is 0 Å². The topological polar surface area (TPSA) is 31.4 Å². The molecule has 3 nitrogen and oxygen atoms in total. The normalized spacial score (nSPS) is 20.2. The molecule has 0 aliphatic carbocycles. The van der Waals surface area contributed by atoms with Crippen molar-refractivity contribution in [2.75, 3.05) is 13.2 Å². The maximum atomic E-state index is 5.60. The maximum absolute atomic E-state index is 5.60. The van der Waals surface area contributed by atoms with Crippen LogP contribution in [0, 0.1) is 0 Å². The van der Waals surface area contributed by atoms with Crippen molar-refractivity contribution in [3.05, 3.63) is 29.6 Å². The van der Waals surface area contributed by atoms with E-state index in [0.29, 0.717) is 19.3 Å². The van der Waals surface area contributed by atoms with Gasteiger partial charge < -0.3 is 9.47 Å². The fourth-order valence-electron chi connectivity index (χ4n) is 1.75. The lowest BCUT2D eigenvalue weighted by Crippen LogP contribution is -2.14. The number of nitrogens with zero attached hydrogens (tertiary/aromatic N) is 1. The van der Waals surface area contributed by atoms with Crippen molar-refractivity contribution >= 4 is 15.9 Å². The fourth-order valence-corrected chi connectivity index (χ4v) is 2.07. The smallest absolute Gasteiger partial charge is 0.0889 e. The van der Waals surface area contributed by atoms with Crippen LogP contribution in [0.5, 0.6) is 0 Å².